The van der Waals surface area contributed by atoms with Crippen molar-refractivity contribution < 1.29 is 36.1 Å². The van der Waals surface area contributed by atoms with Crippen LogP contribution in [0.15, 0.2) is 18.2 Å². The van der Waals surface area contributed by atoms with Gasteiger partial charge in [-0.15, -0.1) is 0 Å². The Morgan fingerprint density at radius 1 is 1.29 bits per heavy atom. The Kier molecular flexibility index (Phi) is 8.23. The Morgan fingerprint density at radius 3 is 2.58 bits per heavy atom. The molecular weight excluding hydrogens is 438 g/mol. The third kappa shape index (κ3) is 4.14. The van der Waals surface area contributed by atoms with E-state index >= 15 is 0 Å². The number of methoxy groups -OCH3 is 2. The normalized spacial score (nSPS) is 23.8. The number of Topliss-reactive ketones (excluding diaryl/α,β-unsaturated/α-hetero) is 1. The Balaban J connectivity index is 0.00000288. The van der Waals surface area contributed by atoms with Crippen molar-refractivity contribution in [2.45, 2.75) is 35.9 Å². The van der Waals surface area contributed by atoms with E-state index < -0.39 is 5.41 Å². The van der Waals surface area contributed by atoms with Crippen LogP contribution in [0.3, 0.4) is 0 Å². The van der Waals surface area contributed by atoms with E-state index in [9.17, 15) is 4.79 Å². The summed E-state index contributed by atoms with van der Waals surface area (Å²) < 4.78 is 11.1. The Labute approximate surface area is 163 Å². The average molecular weight is 465 g/mol. The number of hydrogen-bond donors (Lipinski definition) is 1. The first-order valence-electron chi connectivity index (χ1n) is 8.15. The second-order valence-electron chi connectivity index (χ2n) is 6.55. The first-order chi connectivity index (χ1) is 11.0. The van der Waals surface area contributed by atoms with Crippen LogP contribution in [0.5, 0.6) is 11.5 Å². The fourth-order valence-corrected chi connectivity index (χ4v) is 4.28. The van der Waals surface area contributed by atoms with Crippen LogP contribution < -0.4 is 31.4 Å². The molecule has 1 N–H and O–H groups in total. The molecule has 0 bridgehead atoms. The van der Waals surface area contributed by atoms with E-state index in [1.165, 1.54) is 4.90 Å². The van der Waals surface area contributed by atoms with E-state index in [1.54, 1.807) is 14.2 Å². The molecule has 1 fully saturated rings. The minimum absolute atomic E-state index is 0. The van der Waals surface area contributed by atoms with E-state index in [0.29, 0.717) is 11.5 Å². The van der Waals surface area contributed by atoms with Gasteiger partial charge >= 0.3 is 0 Å². The van der Waals surface area contributed by atoms with Crippen LogP contribution in [0, 0.1) is 0 Å². The van der Waals surface area contributed by atoms with Crippen LogP contribution in [0.2, 0.25) is 0 Å². The topological polar surface area (TPSA) is 40.0 Å². The molecule has 136 valence electrons. The van der Waals surface area contributed by atoms with Crippen LogP contribution in [0.25, 0.3) is 0 Å². The fraction of sp³-hybridized carbons (Fsp3) is 0.611. The lowest BCUT2D eigenvalue weighted by atomic mass is 9.66. The molecule has 0 aliphatic heterocycles. The van der Waals surface area contributed by atoms with Gasteiger partial charge in [0.2, 0.25) is 0 Å². The van der Waals surface area contributed by atoms with Gasteiger partial charge in [-0.2, -0.15) is 0 Å². The van der Waals surface area contributed by atoms with Gasteiger partial charge in [0.1, 0.15) is 0 Å². The molecule has 1 aliphatic carbocycles. The maximum Gasteiger partial charge on any atom is 0.164 e. The van der Waals surface area contributed by atoms with Crippen molar-refractivity contribution in [2.24, 2.45) is 0 Å². The highest BCUT2D eigenvalue weighted by Gasteiger charge is 2.47. The lowest BCUT2D eigenvalue weighted by molar-refractivity contribution is -0.858. The molecule has 1 saturated carbocycles. The minimum Gasteiger partial charge on any atom is -1.00 e. The van der Waals surface area contributed by atoms with Crippen LogP contribution in [0.4, 0.5) is 0 Å². The number of ketones is 1. The monoisotopic (exact) mass is 463 g/mol. The van der Waals surface area contributed by atoms with Crippen molar-refractivity contribution in [1.29, 1.82) is 0 Å². The Morgan fingerprint density at radius 2 is 2.00 bits per heavy atom. The molecule has 0 radical (unpaired) electrons. The number of rotatable bonds is 6. The number of carbonyl (C=O) groups excluding carboxylic acids is 1. The van der Waals surface area contributed by atoms with Crippen LogP contribution >= 0.6 is 15.9 Å². The van der Waals surface area contributed by atoms with Crippen molar-refractivity contribution in [3.05, 3.63) is 23.8 Å². The number of para-hydroxylation sites is 1. The van der Waals surface area contributed by atoms with E-state index in [1.807, 2.05) is 18.2 Å². The summed E-state index contributed by atoms with van der Waals surface area (Å²) in [7, 11) is 7.52. The first-order valence-corrected chi connectivity index (χ1v) is 9.06. The van der Waals surface area contributed by atoms with Gasteiger partial charge < -0.3 is 31.4 Å². The summed E-state index contributed by atoms with van der Waals surface area (Å²) in [6.45, 7) is 0.936. The van der Waals surface area contributed by atoms with Crippen molar-refractivity contribution in [2.75, 3.05) is 34.9 Å². The minimum atomic E-state index is -0.496. The van der Waals surface area contributed by atoms with Crippen LogP contribution in [-0.2, 0) is 10.2 Å². The van der Waals surface area contributed by atoms with Crippen molar-refractivity contribution in [3.8, 4) is 11.5 Å². The quantitative estimate of drug-likeness (QED) is 0.549. The molecule has 1 aromatic carbocycles. The molecular formula is C18H27Br2NO3. The highest BCUT2D eigenvalue weighted by Crippen LogP contribution is 2.47. The molecule has 0 aromatic heterocycles. The summed E-state index contributed by atoms with van der Waals surface area (Å²) in [4.78, 5) is 14.4. The highest BCUT2D eigenvalue weighted by atomic mass is 79.9. The van der Waals surface area contributed by atoms with Gasteiger partial charge in [0.15, 0.2) is 17.3 Å². The van der Waals surface area contributed by atoms with E-state index in [-0.39, 0.29) is 27.6 Å². The Hall–Kier alpha value is -0.590. The van der Waals surface area contributed by atoms with Gasteiger partial charge in [0.25, 0.3) is 0 Å². The zero-order chi connectivity index (χ0) is 17.0. The summed E-state index contributed by atoms with van der Waals surface area (Å²) in [5, 5.41) is 0. The molecule has 2 unspecified atom stereocenters. The van der Waals surface area contributed by atoms with Crippen molar-refractivity contribution in [3.63, 3.8) is 0 Å². The standard InChI is InChI=1S/C18H26BrNO3.BrH/c1-20(2)12-11-18(10-6-8-14(19)17(18)21)13-7-5-9-15(22-3)16(13)23-4;/h5,7,9,14H,6,8,10-12H2,1-4H3;1H. The van der Waals surface area contributed by atoms with Gasteiger partial charge in [0.05, 0.1) is 45.1 Å². The van der Waals surface area contributed by atoms with Crippen LogP contribution in [-0.4, -0.2) is 45.5 Å². The number of hydrogen-bond acceptors (Lipinski definition) is 3. The van der Waals surface area contributed by atoms with Crippen molar-refractivity contribution in [1.82, 2.24) is 0 Å². The molecule has 0 spiro atoms. The van der Waals surface area contributed by atoms with Gasteiger partial charge in [-0.1, -0.05) is 34.5 Å². The van der Waals surface area contributed by atoms with E-state index in [2.05, 4.69) is 30.0 Å². The van der Waals surface area contributed by atoms with E-state index in [4.69, 9.17) is 9.47 Å². The molecule has 1 aliphatic rings. The fourth-order valence-electron chi connectivity index (χ4n) is 3.51. The van der Waals surface area contributed by atoms with E-state index in [0.717, 1.165) is 37.8 Å². The summed E-state index contributed by atoms with van der Waals surface area (Å²) in [5.74, 6) is 1.65. The number of benzene rings is 1. The zero-order valence-electron chi connectivity index (χ0n) is 14.8. The smallest absolute Gasteiger partial charge is 0.164 e. The molecule has 0 amide bonds. The Bertz CT molecular complexity index is 565. The lowest BCUT2D eigenvalue weighted by Gasteiger charge is -2.39. The largest absolute Gasteiger partial charge is 1.00 e. The number of quaternary nitrogens is 1. The number of nitrogens with one attached hydrogen (secondary N) is 1. The van der Waals surface area contributed by atoms with Gasteiger partial charge in [0, 0.05) is 12.0 Å². The number of carbonyl (C=O) groups is 1. The molecule has 0 heterocycles. The third-order valence-electron chi connectivity index (χ3n) is 4.79. The summed E-state index contributed by atoms with van der Waals surface area (Å²) in [6, 6.07) is 5.85. The molecule has 4 nitrogen and oxygen atoms in total. The molecule has 24 heavy (non-hydrogen) atoms. The summed E-state index contributed by atoms with van der Waals surface area (Å²) in [6.07, 6.45) is 3.62. The number of halogens is 2. The maximum atomic E-state index is 13.2. The van der Waals surface area contributed by atoms with Gasteiger partial charge in [-0.05, 0) is 18.9 Å². The molecule has 2 atom stereocenters. The number of ether oxygens (including phenoxy) is 2. The second-order valence-corrected chi connectivity index (χ2v) is 7.66. The van der Waals surface area contributed by atoms with Crippen molar-refractivity contribution >= 4 is 21.7 Å². The second kappa shape index (κ2) is 9.20. The highest BCUT2D eigenvalue weighted by molar-refractivity contribution is 9.10. The zero-order valence-corrected chi connectivity index (χ0v) is 18.0. The van der Waals surface area contributed by atoms with Gasteiger partial charge in [-0.3, -0.25) is 4.79 Å². The molecule has 2 rings (SSSR count). The SMILES string of the molecule is COc1cccc(C2(CC[NH+](C)C)CCCC(Br)C2=O)c1OC.[Br-]. The predicted octanol–water partition coefficient (Wildman–Crippen LogP) is -1.00. The van der Waals surface area contributed by atoms with Crippen LogP contribution in [0.1, 0.15) is 31.2 Å². The first kappa shape index (κ1) is 21.5. The number of alkyl halides is 1. The molecule has 6 heteroatoms. The summed E-state index contributed by atoms with van der Waals surface area (Å²) >= 11 is 3.59. The lowest BCUT2D eigenvalue weighted by Crippen LogP contribution is -3.06. The molecule has 1 aromatic rings. The maximum absolute atomic E-state index is 13.2. The van der Waals surface area contributed by atoms with Gasteiger partial charge in [-0.25, -0.2) is 0 Å². The summed E-state index contributed by atoms with van der Waals surface area (Å²) in [5.41, 5.74) is 0.471. The third-order valence-corrected chi connectivity index (χ3v) is 5.66. The average Bonchev–Trinajstić information content (AvgIpc) is 2.55. The molecule has 0 saturated heterocycles. The predicted molar refractivity (Wildman–Crippen MR) is 95.1 cm³/mol.